The second-order valence-corrected chi connectivity index (χ2v) is 4.63. The van der Waals surface area contributed by atoms with Crippen molar-refractivity contribution in [2.45, 2.75) is 19.4 Å². The van der Waals surface area contributed by atoms with Crippen LogP contribution in [0.25, 0.3) is 10.1 Å². The molecule has 1 nitrogen and oxygen atoms in total. The van der Waals surface area contributed by atoms with E-state index in [-0.39, 0.29) is 0 Å². The Hall–Kier alpha value is -0.860. The summed E-state index contributed by atoms with van der Waals surface area (Å²) in [6, 6.07) is 9.46. The van der Waals surface area contributed by atoms with Gasteiger partial charge in [-0.3, -0.25) is 0 Å². The van der Waals surface area contributed by atoms with E-state index in [1.54, 1.807) is 0 Å². The van der Waals surface area contributed by atoms with Gasteiger partial charge in [-0.25, -0.2) is 0 Å². The van der Waals surface area contributed by atoms with E-state index in [9.17, 15) is 0 Å². The van der Waals surface area contributed by atoms with Gasteiger partial charge in [0, 0.05) is 10.7 Å². The molecule has 1 aromatic heterocycles. The van der Waals surface area contributed by atoms with Gasteiger partial charge < -0.3 is 5.32 Å². The molecule has 0 bridgehead atoms. The zero-order valence-electron chi connectivity index (χ0n) is 8.58. The minimum absolute atomic E-state index is 0.549. The molecule has 0 fully saturated rings. The fourth-order valence-corrected chi connectivity index (χ4v) is 2.43. The Kier molecular flexibility index (Phi) is 2.85. The predicted molar refractivity (Wildman–Crippen MR) is 64.1 cm³/mol. The monoisotopic (exact) mass is 205 g/mol. The quantitative estimate of drug-likeness (QED) is 0.812. The van der Waals surface area contributed by atoms with Crippen molar-refractivity contribution >= 4 is 21.4 Å². The van der Waals surface area contributed by atoms with Gasteiger partial charge in [-0.05, 0) is 48.9 Å². The SMILES string of the molecule is CN[C@H](C)Cc1ccc2ccsc2c1. The average molecular weight is 205 g/mol. The number of benzene rings is 1. The largest absolute Gasteiger partial charge is 0.317 e. The summed E-state index contributed by atoms with van der Waals surface area (Å²) in [7, 11) is 2.01. The Labute approximate surface area is 88.8 Å². The minimum Gasteiger partial charge on any atom is -0.317 e. The number of fused-ring (bicyclic) bond motifs is 1. The molecule has 2 heteroatoms. The first-order chi connectivity index (χ1) is 6.79. The fraction of sp³-hybridized carbons (Fsp3) is 0.333. The van der Waals surface area contributed by atoms with E-state index in [2.05, 4.69) is 41.9 Å². The van der Waals surface area contributed by atoms with Gasteiger partial charge >= 0.3 is 0 Å². The molecule has 0 saturated carbocycles. The summed E-state index contributed by atoms with van der Waals surface area (Å²) >= 11 is 1.82. The van der Waals surface area contributed by atoms with Gasteiger partial charge in [0.1, 0.15) is 0 Å². The molecular weight excluding hydrogens is 190 g/mol. The topological polar surface area (TPSA) is 12.0 Å². The Morgan fingerprint density at radius 3 is 3.00 bits per heavy atom. The summed E-state index contributed by atoms with van der Waals surface area (Å²) in [6.45, 7) is 2.21. The van der Waals surface area contributed by atoms with Crippen LogP contribution in [0.1, 0.15) is 12.5 Å². The molecule has 0 aliphatic heterocycles. The lowest BCUT2D eigenvalue weighted by Gasteiger charge is -2.09. The number of hydrogen-bond acceptors (Lipinski definition) is 2. The molecule has 0 radical (unpaired) electrons. The number of nitrogens with one attached hydrogen (secondary N) is 1. The summed E-state index contributed by atoms with van der Waals surface area (Å²) in [5, 5.41) is 6.76. The van der Waals surface area contributed by atoms with Crippen molar-refractivity contribution in [3.8, 4) is 0 Å². The second-order valence-electron chi connectivity index (χ2n) is 3.69. The van der Waals surface area contributed by atoms with Crippen molar-refractivity contribution in [3.05, 3.63) is 35.2 Å². The normalized spacial score (nSPS) is 13.3. The number of thiophene rings is 1. The first-order valence-corrected chi connectivity index (χ1v) is 5.81. The van der Waals surface area contributed by atoms with E-state index in [0.29, 0.717) is 6.04 Å². The molecule has 0 aliphatic rings. The molecule has 1 N–H and O–H groups in total. The second kappa shape index (κ2) is 4.11. The van der Waals surface area contributed by atoms with E-state index >= 15 is 0 Å². The summed E-state index contributed by atoms with van der Waals surface area (Å²) in [5.74, 6) is 0. The van der Waals surface area contributed by atoms with Crippen molar-refractivity contribution in [1.29, 1.82) is 0 Å². The van der Waals surface area contributed by atoms with Crippen LogP contribution in [0.5, 0.6) is 0 Å². The van der Waals surface area contributed by atoms with Gasteiger partial charge in [0.25, 0.3) is 0 Å². The van der Waals surface area contributed by atoms with Crippen molar-refractivity contribution in [3.63, 3.8) is 0 Å². The van der Waals surface area contributed by atoms with Crippen LogP contribution in [0, 0.1) is 0 Å². The van der Waals surface area contributed by atoms with Crippen LogP contribution in [0.2, 0.25) is 0 Å². The Balaban J connectivity index is 2.25. The third-order valence-corrected chi connectivity index (χ3v) is 3.43. The van der Waals surface area contributed by atoms with Crippen molar-refractivity contribution in [2.75, 3.05) is 7.05 Å². The summed E-state index contributed by atoms with van der Waals surface area (Å²) in [5.41, 5.74) is 1.42. The lowest BCUT2D eigenvalue weighted by Crippen LogP contribution is -2.23. The van der Waals surface area contributed by atoms with Gasteiger partial charge in [-0.2, -0.15) is 0 Å². The molecule has 0 saturated heterocycles. The van der Waals surface area contributed by atoms with Crippen LogP contribution in [0.15, 0.2) is 29.6 Å². The zero-order valence-corrected chi connectivity index (χ0v) is 9.40. The first-order valence-electron chi connectivity index (χ1n) is 4.93. The van der Waals surface area contributed by atoms with E-state index < -0.39 is 0 Å². The van der Waals surface area contributed by atoms with Gasteiger partial charge in [0.2, 0.25) is 0 Å². The van der Waals surface area contributed by atoms with Crippen LogP contribution >= 0.6 is 11.3 Å². The minimum atomic E-state index is 0.549. The summed E-state index contributed by atoms with van der Waals surface area (Å²) in [6.07, 6.45) is 1.10. The van der Waals surface area contributed by atoms with Crippen molar-refractivity contribution < 1.29 is 0 Å². The molecule has 1 aromatic carbocycles. The maximum atomic E-state index is 3.26. The summed E-state index contributed by atoms with van der Waals surface area (Å²) in [4.78, 5) is 0. The lowest BCUT2D eigenvalue weighted by atomic mass is 10.1. The highest BCUT2D eigenvalue weighted by Gasteiger charge is 2.01. The molecule has 14 heavy (non-hydrogen) atoms. The van der Waals surface area contributed by atoms with E-state index in [0.717, 1.165) is 6.42 Å². The Morgan fingerprint density at radius 2 is 2.21 bits per heavy atom. The number of rotatable bonds is 3. The molecule has 0 amide bonds. The van der Waals surface area contributed by atoms with Gasteiger partial charge in [0.05, 0.1) is 0 Å². The molecule has 1 atom stereocenters. The molecule has 2 aromatic rings. The van der Waals surface area contributed by atoms with Gasteiger partial charge in [-0.15, -0.1) is 11.3 Å². The van der Waals surface area contributed by atoms with Gasteiger partial charge in [-0.1, -0.05) is 12.1 Å². The lowest BCUT2D eigenvalue weighted by molar-refractivity contribution is 0.609. The van der Waals surface area contributed by atoms with Crippen LogP contribution in [0.3, 0.4) is 0 Å². The van der Waals surface area contributed by atoms with Gasteiger partial charge in [0.15, 0.2) is 0 Å². The molecule has 0 aliphatic carbocycles. The third kappa shape index (κ3) is 1.97. The molecule has 1 heterocycles. The molecule has 0 spiro atoms. The highest BCUT2D eigenvalue weighted by molar-refractivity contribution is 7.17. The Bertz CT molecular complexity index is 419. The molecule has 0 unspecified atom stereocenters. The maximum Gasteiger partial charge on any atom is 0.0345 e. The van der Waals surface area contributed by atoms with Crippen LogP contribution in [-0.2, 0) is 6.42 Å². The van der Waals surface area contributed by atoms with Crippen LogP contribution in [0.4, 0.5) is 0 Å². The highest BCUT2D eigenvalue weighted by Crippen LogP contribution is 2.22. The van der Waals surface area contributed by atoms with Crippen molar-refractivity contribution in [2.24, 2.45) is 0 Å². The molecule has 2 rings (SSSR count). The third-order valence-electron chi connectivity index (χ3n) is 2.56. The summed E-state index contributed by atoms with van der Waals surface area (Å²) < 4.78 is 1.39. The number of hydrogen-bond donors (Lipinski definition) is 1. The average Bonchev–Trinajstić information content (AvgIpc) is 2.64. The Morgan fingerprint density at radius 1 is 1.36 bits per heavy atom. The smallest absolute Gasteiger partial charge is 0.0345 e. The highest BCUT2D eigenvalue weighted by atomic mass is 32.1. The maximum absolute atomic E-state index is 3.26. The first kappa shape index (κ1) is 9.69. The standard InChI is InChI=1S/C12H15NS/c1-9(13-2)7-10-3-4-11-5-6-14-12(11)8-10/h3-6,8-9,13H,7H2,1-2H3/t9-/m1/s1. The zero-order chi connectivity index (χ0) is 9.97. The molecule has 74 valence electrons. The fourth-order valence-electron chi connectivity index (χ4n) is 1.58. The molecular formula is C12H15NS. The van der Waals surface area contributed by atoms with E-state index in [4.69, 9.17) is 0 Å². The van der Waals surface area contributed by atoms with Crippen LogP contribution in [-0.4, -0.2) is 13.1 Å². The van der Waals surface area contributed by atoms with Crippen LogP contribution < -0.4 is 5.32 Å². The predicted octanol–water partition coefficient (Wildman–Crippen LogP) is 3.05. The number of likely N-dealkylation sites (N-methyl/N-ethyl adjacent to an activating group) is 1. The van der Waals surface area contributed by atoms with E-state index in [1.807, 2.05) is 18.4 Å². The van der Waals surface area contributed by atoms with Crippen molar-refractivity contribution in [1.82, 2.24) is 5.32 Å². The van der Waals surface area contributed by atoms with E-state index in [1.165, 1.54) is 15.6 Å².